The first kappa shape index (κ1) is 60.0. The first-order valence-corrected chi connectivity index (χ1v) is 25.7. The molecule has 0 rings (SSSR count). The molecule has 11 nitrogen and oxygen atoms in total. The molecule has 0 aromatic heterocycles. The van der Waals surface area contributed by atoms with Crippen LogP contribution in [-0.4, -0.2) is 119 Å². The summed E-state index contributed by atoms with van der Waals surface area (Å²) in [5, 5.41) is 8.39. The number of aliphatic hydroxyl groups excluding tert-OH is 1. The normalized spacial score (nSPS) is 13.4. The smallest absolute Gasteiger partial charge is 0.462 e. The van der Waals surface area contributed by atoms with E-state index in [1.54, 1.807) is 0 Å². The molecular formula is C47H99N2O9P+2. The number of carbonyl (C=O) groups excluding carboxylic acids is 2. The monoisotopic (exact) mass is 867 g/mol. The predicted molar refractivity (Wildman–Crippen MR) is 245 cm³/mol. The molecule has 2 N–H and O–H groups in total. The van der Waals surface area contributed by atoms with Gasteiger partial charge in [-0.05, 0) is 12.8 Å². The molecule has 0 aromatic carbocycles. The van der Waals surface area contributed by atoms with Gasteiger partial charge in [0, 0.05) is 12.8 Å². The summed E-state index contributed by atoms with van der Waals surface area (Å²) in [7, 11) is 7.65. The summed E-state index contributed by atoms with van der Waals surface area (Å²) in [6, 6.07) is 0. The molecule has 0 aliphatic rings. The van der Waals surface area contributed by atoms with Gasteiger partial charge in [-0.25, -0.2) is 4.57 Å². The Morgan fingerprint density at radius 1 is 0.492 bits per heavy atom. The van der Waals surface area contributed by atoms with E-state index in [9.17, 15) is 19.0 Å². The van der Waals surface area contributed by atoms with Gasteiger partial charge in [-0.2, -0.15) is 0 Å². The van der Waals surface area contributed by atoms with Gasteiger partial charge in [0.05, 0.1) is 55.5 Å². The van der Waals surface area contributed by atoms with Crippen LogP contribution in [0.4, 0.5) is 0 Å². The molecule has 0 bridgehead atoms. The average molecular weight is 867 g/mol. The van der Waals surface area contributed by atoms with Gasteiger partial charge in [0.2, 0.25) is 0 Å². The lowest BCUT2D eigenvalue weighted by Crippen LogP contribution is -2.37. The van der Waals surface area contributed by atoms with Crippen molar-refractivity contribution in [3.05, 3.63) is 0 Å². The van der Waals surface area contributed by atoms with Crippen molar-refractivity contribution in [2.75, 3.05) is 81.8 Å². The van der Waals surface area contributed by atoms with Crippen LogP contribution in [0.1, 0.15) is 206 Å². The van der Waals surface area contributed by atoms with E-state index in [2.05, 4.69) is 35.0 Å². The van der Waals surface area contributed by atoms with Crippen LogP contribution in [-0.2, 0) is 32.7 Å². The standard InChI is InChI=1S/C42H84NO8P.C5H14NO/c1-6-8-10-12-14-16-18-20-21-23-24-26-28-30-32-34-41(44)48-38-40(39-50-52(46,47)49-37-36-43(3,4)5)51-42(45)35-33-31-29-27-25-22-19-17-15-13-11-9-7-2;1-6(2,3)4-5-7/h40H,6-39H2,1-5H3;7H,4-5H2,1-3H3/q;+1/p+1/t40-;/m1./s1. The number of esters is 2. The second-order valence-corrected chi connectivity index (χ2v) is 20.3. The zero-order valence-electron chi connectivity index (χ0n) is 40.1. The number of ether oxygens (including phenoxy) is 2. The molecule has 0 saturated carbocycles. The number of carbonyl (C=O) groups is 2. The highest BCUT2D eigenvalue weighted by Gasteiger charge is 2.27. The molecule has 0 radical (unpaired) electrons. The van der Waals surface area contributed by atoms with Crippen LogP contribution in [0.2, 0.25) is 0 Å². The maximum atomic E-state index is 12.7. The van der Waals surface area contributed by atoms with Crippen LogP contribution in [0.5, 0.6) is 0 Å². The number of phosphoric acid groups is 1. The van der Waals surface area contributed by atoms with Gasteiger partial charge in [-0.15, -0.1) is 0 Å². The van der Waals surface area contributed by atoms with Crippen LogP contribution < -0.4 is 0 Å². The molecule has 0 aliphatic carbocycles. The van der Waals surface area contributed by atoms with Crippen molar-refractivity contribution in [2.24, 2.45) is 0 Å². The zero-order chi connectivity index (χ0) is 44.5. The van der Waals surface area contributed by atoms with Crippen LogP contribution in [0.3, 0.4) is 0 Å². The molecule has 1 unspecified atom stereocenters. The highest BCUT2D eigenvalue weighted by Crippen LogP contribution is 2.43. The van der Waals surface area contributed by atoms with E-state index in [1.807, 2.05) is 21.1 Å². The zero-order valence-corrected chi connectivity index (χ0v) is 41.0. The Hall–Kier alpha value is -1.07. The van der Waals surface area contributed by atoms with Crippen molar-refractivity contribution < 1.29 is 51.6 Å². The van der Waals surface area contributed by atoms with Crippen molar-refractivity contribution in [1.29, 1.82) is 0 Å². The number of unbranched alkanes of at least 4 members (excludes halogenated alkanes) is 26. The maximum absolute atomic E-state index is 12.7. The van der Waals surface area contributed by atoms with Crippen LogP contribution >= 0.6 is 7.82 Å². The van der Waals surface area contributed by atoms with E-state index in [0.717, 1.165) is 49.6 Å². The van der Waals surface area contributed by atoms with Crippen LogP contribution in [0.25, 0.3) is 0 Å². The summed E-state index contributed by atoms with van der Waals surface area (Å²) in [5.74, 6) is -0.785. The average Bonchev–Trinajstić information content (AvgIpc) is 3.15. The van der Waals surface area contributed by atoms with Crippen molar-refractivity contribution in [3.8, 4) is 0 Å². The number of aliphatic hydroxyl groups is 1. The fraction of sp³-hybridized carbons (Fsp3) is 0.957. The molecule has 0 heterocycles. The number of hydrogen-bond donors (Lipinski definition) is 2. The van der Waals surface area contributed by atoms with Gasteiger partial charge < -0.3 is 28.4 Å². The van der Waals surface area contributed by atoms with E-state index in [0.29, 0.717) is 17.4 Å². The van der Waals surface area contributed by atoms with E-state index in [-0.39, 0.29) is 32.2 Å². The van der Waals surface area contributed by atoms with Gasteiger partial charge in [0.15, 0.2) is 6.10 Å². The molecule has 0 spiro atoms. The summed E-state index contributed by atoms with van der Waals surface area (Å²) in [4.78, 5) is 35.3. The number of likely N-dealkylation sites (N-methyl/N-ethyl adjacent to an activating group) is 2. The molecule has 0 amide bonds. The highest BCUT2D eigenvalue weighted by atomic mass is 31.2. The molecular weight excluding hydrogens is 767 g/mol. The topological polar surface area (TPSA) is 129 Å². The van der Waals surface area contributed by atoms with Gasteiger partial charge >= 0.3 is 19.8 Å². The molecule has 12 heteroatoms. The Kier molecular flexibility index (Phi) is 41.7. The Labute approximate surface area is 364 Å². The minimum absolute atomic E-state index is 0.0367. The molecule has 0 aliphatic heterocycles. The second kappa shape index (κ2) is 41.0. The Bertz CT molecular complexity index is 988. The fourth-order valence-electron chi connectivity index (χ4n) is 6.49. The Morgan fingerprint density at radius 2 is 0.831 bits per heavy atom. The van der Waals surface area contributed by atoms with Crippen molar-refractivity contribution >= 4 is 19.8 Å². The number of rotatable bonds is 42. The lowest BCUT2D eigenvalue weighted by Gasteiger charge is -2.24. The Balaban J connectivity index is 0. The largest absolute Gasteiger partial charge is 0.472 e. The van der Waals surface area contributed by atoms with Gasteiger partial charge in [0.25, 0.3) is 0 Å². The van der Waals surface area contributed by atoms with E-state index in [1.165, 1.54) is 141 Å². The third-order valence-electron chi connectivity index (χ3n) is 10.4. The summed E-state index contributed by atoms with van der Waals surface area (Å²) in [6.07, 6.45) is 34.2. The van der Waals surface area contributed by atoms with E-state index >= 15 is 0 Å². The molecule has 59 heavy (non-hydrogen) atoms. The number of hydrogen-bond acceptors (Lipinski definition) is 8. The van der Waals surface area contributed by atoms with Crippen molar-refractivity contribution in [2.45, 2.75) is 213 Å². The quantitative estimate of drug-likeness (QED) is 0.0267. The van der Waals surface area contributed by atoms with Gasteiger partial charge in [0.1, 0.15) is 26.3 Å². The first-order chi connectivity index (χ1) is 28.0. The third-order valence-corrected chi connectivity index (χ3v) is 11.4. The highest BCUT2D eigenvalue weighted by molar-refractivity contribution is 7.47. The minimum atomic E-state index is -4.36. The van der Waals surface area contributed by atoms with Gasteiger partial charge in [-0.3, -0.25) is 18.6 Å². The lowest BCUT2D eigenvalue weighted by atomic mass is 10.0. The molecule has 0 aromatic rings. The second-order valence-electron chi connectivity index (χ2n) is 18.8. The van der Waals surface area contributed by atoms with E-state index < -0.39 is 26.5 Å². The van der Waals surface area contributed by atoms with Crippen LogP contribution in [0.15, 0.2) is 0 Å². The van der Waals surface area contributed by atoms with E-state index in [4.69, 9.17) is 23.6 Å². The fourth-order valence-corrected chi connectivity index (χ4v) is 7.23. The third kappa shape index (κ3) is 51.2. The first-order valence-electron chi connectivity index (χ1n) is 24.2. The van der Waals surface area contributed by atoms with Crippen molar-refractivity contribution in [1.82, 2.24) is 0 Å². The predicted octanol–water partition coefficient (Wildman–Crippen LogP) is 11.7. The minimum Gasteiger partial charge on any atom is -0.462 e. The number of quaternary nitrogens is 2. The summed E-state index contributed by atoms with van der Waals surface area (Å²) < 4.78 is 35.1. The Morgan fingerprint density at radius 3 is 1.15 bits per heavy atom. The maximum Gasteiger partial charge on any atom is 0.472 e. The summed E-state index contributed by atoms with van der Waals surface area (Å²) in [5.41, 5.74) is 0. The number of phosphoric ester groups is 1. The molecule has 0 saturated heterocycles. The summed E-state index contributed by atoms with van der Waals surface area (Å²) >= 11 is 0. The summed E-state index contributed by atoms with van der Waals surface area (Å²) in [6.45, 7) is 5.56. The van der Waals surface area contributed by atoms with Crippen LogP contribution in [0, 0.1) is 0 Å². The molecule has 2 atom stereocenters. The molecule has 0 fully saturated rings. The lowest BCUT2D eigenvalue weighted by molar-refractivity contribution is -0.870. The molecule has 354 valence electrons. The number of nitrogens with zero attached hydrogens (tertiary/aromatic N) is 2. The SMILES string of the molecule is CCCCCCCCCCCCCCCCCC(=O)OC[C@H](COP(=O)(O)OCC[N+](C)(C)C)OC(=O)CCCCCCCCCCCCCCC.C[N+](C)(C)CCO. The van der Waals surface area contributed by atoms with Gasteiger partial charge in [-0.1, -0.05) is 181 Å². The van der Waals surface area contributed by atoms with Crippen molar-refractivity contribution in [3.63, 3.8) is 0 Å².